The summed E-state index contributed by atoms with van der Waals surface area (Å²) < 4.78 is 0. The van der Waals surface area contributed by atoms with Crippen molar-refractivity contribution in [2.45, 2.75) is 19.3 Å². The van der Waals surface area contributed by atoms with Crippen LogP contribution in [-0.4, -0.2) is 18.7 Å². The molecule has 4 heteroatoms. The molecule has 1 aliphatic carbocycles. The lowest BCUT2D eigenvalue weighted by Gasteiger charge is -2.04. The first kappa shape index (κ1) is 14.1. The second-order valence-electron chi connectivity index (χ2n) is 4.59. The quantitative estimate of drug-likeness (QED) is 0.660. The molecule has 0 bridgehead atoms. The van der Waals surface area contributed by atoms with Crippen LogP contribution in [0.25, 0.3) is 6.08 Å². The van der Waals surface area contributed by atoms with Crippen molar-refractivity contribution in [1.82, 2.24) is 0 Å². The molecule has 0 aliphatic heterocycles. The number of carbonyl (C=O) groups excluding carboxylic acids is 1. The predicted octanol–water partition coefficient (Wildman–Crippen LogP) is 2.67. The number of carbonyl (C=O) groups is 1. The van der Waals surface area contributed by atoms with Gasteiger partial charge in [-0.15, -0.1) is 0 Å². The molecule has 2 N–H and O–H groups in total. The molecule has 20 heavy (non-hydrogen) atoms. The molecule has 0 unspecified atom stereocenters. The van der Waals surface area contributed by atoms with Crippen LogP contribution in [-0.2, 0) is 9.63 Å². The van der Waals surface area contributed by atoms with Gasteiger partial charge in [-0.3, -0.25) is 4.79 Å². The molecule has 0 atom stereocenters. The van der Waals surface area contributed by atoms with Crippen molar-refractivity contribution in [2.24, 2.45) is 10.9 Å². The summed E-state index contributed by atoms with van der Waals surface area (Å²) >= 11 is 0. The van der Waals surface area contributed by atoms with E-state index in [0.29, 0.717) is 0 Å². The monoisotopic (exact) mass is 270 g/mol. The molecule has 4 nitrogen and oxygen atoms in total. The molecule has 2 rings (SSSR count). The van der Waals surface area contributed by atoms with Crippen LogP contribution < -0.4 is 5.73 Å². The van der Waals surface area contributed by atoms with Crippen molar-refractivity contribution < 1.29 is 9.63 Å². The van der Waals surface area contributed by atoms with Gasteiger partial charge in [0.25, 0.3) is 5.91 Å². The Morgan fingerprint density at radius 3 is 2.65 bits per heavy atom. The minimum Gasteiger partial charge on any atom is -0.398 e. The molecule has 1 aromatic carbocycles. The van der Waals surface area contributed by atoms with Crippen molar-refractivity contribution in [3.63, 3.8) is 0 Å². The lowest BCUT2D eigenvalue weighted by Crippen LogP contribution is -2.25. The van der Waals surface area contributed by atoms with E-state index >= 15 is 0 Å². The third-order valence-corrected chi connectivity index (χ3v) is 3.24. The lowest BCUT2D eigenvalue weighted by molar-refractivity contribution is -0.112. The average molecular weight is 270 g/mol. The first-order chi connectivity index (χ1) is 9.72. The van der Waals surface area contributed by atoms with Crippen molar-refractivity contribution in [3.8, 4) is 0 Å². The highest BCUT2D eigenvalue weighted by Gasteiger charge is 2.22. The average Bonchev–Trinajstić information content (AvgIpc) is 2.91. The number of primary amides is 1. The molecule has 0 aromatic heterocycles. The Hall–Kier alpha value is -2.36. The Bertz CT molecular complexity index is 571. The van der Waals surface area contributed by atoms with Crippen LogP contribution in [0.1, 0.15) is 24.8 Å². The summed E-state index contributed by atoms with van der Waals surface area (Å²) in [4.78, 5) is 16.2. The molecular weight excluding hydrogens is 252 g/mol. The Morgan fingerprint density at radius 2 is 2.00 bits per heavy atom. The largest absolute Gasteiger partial charge is 0.398 e. The molecule has 1 aliphatic rings. The summed E-state index contributed by atoms with van der Waals surface area (Å²) in [5, 5.41) is 3.76. The molecule has 0 spiro atoms. The first-order valence-electron chi connectivity index (χ1n) is 6.59. The third kappa shape index (κ3) is 3.35. The second-order valence-corrected chi connectivity index (χ2v) is 4.59. The van der Waals surface area contributed by atoms with Gasteiger partial charge in [-0.25, -0.2) is 0 Å². The van der Waals surface area contributed by atoms with E-state index in [1.165, 1.54) is 7.11 Å². The summed E-state index contributed by atoms with van der Waals surface area (Å²) in [5.41, 5.74) is 8.71. The highest BCUT2D eigenvalue weighted by atomic mass is 16.6. The Kier molecular flexibility index (Phi) is 4.71. The van der Waals surface area contributed by atoms with Gasteiger partial charge in [0.05, 0.1) is 0 Å². The van der Waals surface area contributed by atoms with E-state index in [4.69, 9.17) is 10.6 Å². The molecule has 0 saturated carbocycles. The molecular formula is C16H18N2O2. The van der Waals surface area contributed by atoms with E-state index in [1.54, 1.807) is 0 Å². The van der Waals surface area contributed by atoms with E-state index in [2.05, 4.69) is 5.16 Å². The van der Waals surface area contributed by atoms with Gasteiger partial charge in [0, 0.05) is 0 Å². The van der Waals surface area contributed by atoms with E-state index < -0.39 is 5.91 Å². The predicted molar refractivity (Wildman–Crippen MR) is 80.0 cm³/mol. The van der Waals surface area contributed by atoms with Crippen LogP contribution >= 0.6 is 0 Å². The number of hydrogen-bond donors (Lipinski definition) is 1. The lowest BCUT2D eigenvalue weighted by atomic mass is 10.0. The molecule has 1 amide bonds. The fourth-order valence-electron chi connectivity index (χ4n) is 2.32. The second kappa shape index (κ2) is 6.70. The van der Waals surface area contributed by atoms with Crippen LogP contribution in [0.15, 0.2) is 52.7 Å². The van der Waals surface area contributed by atoms with Gasteiger partial charge in [0.2, 0.25) is 0 Å². The Morgan fingerprint density at radius 1 is 1.25 bits per heavy atom. The molecule has 104 valence electrons. The van der Waals surface area contributed by atoms with Gasteiger partial charge in [0.1, 0.15) is 7.11 Å². The van der Waals surface area contributed by atoms with Crippen LogP contribution in [0.5, 0.6) is 0 Å². The number of allylic oxidation sites excluding steroid dienone is 2. The zero-order valence-corrected chi connectivity index (χ0v) is 11.5. The molecule has 0 fully saturated rings. The number of nitrogens with zero attached hydrogens (tertiary/aromatic N) is 1. The summed E-state index contributed by atoms with van der Waals surface area (Å²) in [6.45, 7) is 0. The maximum atomic E-state index is 11.4. The highest BCUT2D eigenvalue weighted by Crippen LogP contribution is 2.28. The minimum absolute atomic E-state index is 0.234. The molecule has 0 saturated heterocycles. The number of hydrogen-bond acceptors (Lipinski definition) is 3. The van der Waals surface area contributed by atoms with Crippen LogP contribution in [0.2, 0.25) is 0 Å². The smallest absolute Gasteiger partial charge is 0.271 e. The minimum atomic E-state index is -0.547. The number of oxime groups is 1. The normalized spacial score (nSPS) is 15.9. The van der Waals surface area contributed by atoms with Crippen LogP contribution in [0.4, 0.5) is 0 Å². The van der Waals surface area contributed by atoms with Crippen LogP contribution in [0.3, 0.4) is 0 Å². The maximum Gasteiger partial charge on any atom is 0.271 e. The van der Waals surface area contributed by atoms with Gasteiger partial charge in [-0.05, 0) is 36.0 Å². The first-order valence-corrected chi connectivity index (χ1v) is 6.59. The van der Waals surface area contributed by atoms with Crippen molar-refractivity contribution in [3.05, 3.63) is 53.1 Å². The van der Waals surface area contributed by atoms with E-state index in [9.17, 15) is 4.79 Å². The molecule has 0 radical (unpaired) electrons. The van der Waals surface area contributed by atoms with E-state index in [1.807, 2.05) is 42.5 Å². The fraction of sp³-hybridized carbons (Fsp3) is 0.250. The standard InChI is InChI=1S/C16H18N2O2/c1-20-18-15(16(17)19)14-9-5-8-13(14)11-10-12-6-3-2-4-7-12/h2-4,6-7,10-11H,5,8-9H2,1H3,(H2,17,19). The Balaban J connectivity index is 2.28. The summed E-state index contributed by atoms with van der Waals surface area (Å²) in [6.07, 6.45) is 6.80. The van der Waals surface area contributed by atoms with Gasteiger partial charge >= 0.3 is 0 Å². The van der Waals surface area contributed by atoms with Crippen LogP contribution in [0, 0.1) is 0 Å². The SMILES string of the molecule is CON=C(C(N)=O)C1=C(C=Cc2ccccc2)CCC1. The number of nitrogens with two attached hydrogens (primary N) is 1. The molecule has 0 heterocycles. The van der Waals surface area contributed by atoms with E-state index in [-0.39, 0.29) is 5.71 Å². The summed E-state index contributed by atoms with van der Waals surface area (Å²) in [5.74, 6) is -0.547. The van der Waals surface area contributed by atoms with E-state index in [0.717, 1.165) is 36.0 Å². The number of amides is 1. The zero-order chi connectivity index (χ0) is 14.4. The van der Waals surface area contributed by atoms with Crippen molar-refractivity contribution in [2.75, 3.05) is 7.11 Å². The zero-order valence-electron chi connectivity index (χ0n) is 11.5. The number of benzene rings is 1. The number of rotatable bonds is 5. The fourth-order valence-corrected chi connectivity index (χ4v) is 2.32. The van der Waals surface area contributed by atoms with Crippen molar-refractivity contribution in [1.29, 1.82) is 0 Å². The molecule has 1 aromatic rings. The van der Waals surface area contributed by atoms with Crippen molar-refractivity contribution >= 4 is 17.7 Å². The van der Waals surface area contributed by atoms with Gasteiger partial charge in [-0.1, -0.05) is 47.6 Å². The van der Waals surface area contributed by atoms with Gasteiger partial charge in [-0.2, -0.15) is 0 Å². The third-order valence-electron chi connectivity index (χ3n) is 3.24. The van der Waals surface area contributed by atoms with Gasteiger partial charge in [0.15, 0.2) is 5.71 Å². The summed E-state index contributed by atoms with van der Waals surface area (Å²) in [7, 11) is 1.41. The highest BCUT2D eigenvalue weighted by molar-refractivity contribution is 6.45. The van der Waals surface area contributed by atoms with Gasteiger partial charge < -0.3 is 10.6 Å². The summed E-state index contributed by atoms with van der Waals surface area (Å²) in [6, 6.07) is 10.0. The topological polar surface area (TPSA) is 64.7 Å². The maximum absolute atomic E-state index is 11.4. The Labute approximate surface area is 118 Å².